The predicted octanol–water partition coefficient (Wildman–Crippen LogP) is 2.23. The summed E-state index contributed by atoms with van der Waals surface area (Å²) in [6.07, 6.45) is 3.11. The van der Waals surface area contributed by atoms with Crippen molar-refractivity contribution in [2.24, 2.45) is 0 Å². The largest absolute Gasteiger partial charge is 0.391 e. The molecule has 0 saturated carbocycles. The zero-order valence-electron chi connectivity index (χ0n) is 15.3. The lowest BCUT2D eigenvalue weighted by atomic mass is 9.96. The molecule has 0 aliphatic heterocycles. The van der Waals surface area contributed by atoms with E-state index in [1.54, 1.807) is 13.0 Å². The number of hydrogen-bond acceptors (Lipinski definition) is 3. The molecule has 1 aromatic rings. The second-order valence-corrected chi connectivity index (χ2v) is 6.31. The van der Waals surface area contributed by atoms with Crippen molar-refractivity contribution in [2.45, 2.75) is 58.2 Å². The minimum atomic E-state index is -1.00. The van der Waals surface area contributed by atoms with E-state index in [1.807, 2.05) is 6.92 Å². The Morgan fingerprint density at radius 3 is 2.35 bits per heavy atom. The molecule has 26 heavy (non-hydrogen) atoms. The third kappa shape index (κ3) is 8.20. The highest BCUT2D eigenvalue weighted by Gasteiger charge is 2.23. The van der Waals surface area contributed by atoms with Gasteiger partial charge in [-0.1, -0.05) is 13.0 Å². The number of rotatable bonds is 9. The lowest BCUT2D eigenvalue weighted by molar-refractivity contribution is -0.121. The Bertz CT molecular complexity index is 629. The van der Waals surface area contributed by atoms with E-state index in [2.05, 4.69) is 10.6 Å². The predicted molar refractivity (Wildman–Crippen MR) is 95.3 cm³/mol. The number of amides is 2. The summed E-state index contributed by atoms with van der Waals surface area (Å²) < 4.78 is 26.7. The van der Waals surface area contributed by atoms with Gasteiger partial charge in [-0.3, -0.25) is 9.59 Å². The molecule has 0 spiro atoms. The Morgan fingerprint density at radius 1 is 1.19 bits per heavy atom. The third-order valence-electron chi connectivity index (χ3n) is 3.72. The van der Waals surface area contributed by atoms with Gasteiger partial charge in [0.1, 0.15) is 11.6 Å². The molecule has 0 heterocycles. The first-order valence-corrected chi connectivity index (χ1v) is 8.58. The molecule has 1 aromatic carbocycles. The summed E-state index contributed by atoms with van der Waals surface area (Å²) in [4.78, 5) is 23.1. The Labute approximate surface area is 152 Å². The zero-order chi connectivity index (χ0) is 19.7. The average molecular weight is 368 g/mol. The van der Waals surface area contributed by atoms with E-state index in [1.165, 1.54) is 13.0 Å². The highest BCUT2D eigenvalue weighted by molar-refractivity contribution is 5.87. The maximum atomic E-state index is 13.4. The highest BCUT2D eigenvalue weighted by Crippen LogP contribution is 2.14. The first-order valence-electron chi connectivity index (χ1n) is 8.58. The summed E-state index contributed by atoms with van der Waals surface area (Å²) in [7, 11) is 0. The van der Waals surface area contributed by atoms with Crippen LogP contribution < -0.4 is 10.6 Å². The van der Waals surface area contributed by atoms with E-state index in [0.29, 0.717) is 5.56 Å². The minimum absolute atomic E-state index is 0.0613. The van der Waals surface area contributed by atoms with Crippen LogP contribution in [0.15, 0.2) is 30.4 Å². The van der Waals surface area contributed by atoms with Crippen molar-refractivity contribution in [3.05, 3.63) is 47.5 Å². The van der Waals surface area contributed by atoms with E-state index in [4.69, 9.17) is 0 Å². The molecule has 7 heteroatoms. The van der Waals surface area contributed by atoms with Gasteiger partial charge in [0.2, 0.25) is 11.8 Å². The summed E-state index contributed by atoms with van der Waals surface area (Å²) >= 11 is 0. The average Bonchev–Trinajstić information content (AvgIpc) is 2.50. The first-order chi connectivity index (χ1) is 12.2. The van der Waals surface area contributed by atoms with Crippen molar-refractivity contribution in [3.8, 4) is 0 Å². The topological polar surface area (TPSA) is 78.4 Å². The van der Waals surface area contributed by atoms with Crippen LogP contribution in [0.4, 0.5) is 8.78 Å². The quantitative estimate of drug-likeness (QED) is 0.585. The van der Waals surface area contributed by atoms with Crippen LogP contribution in [0.2, 0.25) is 0 Å². The number of carbonyl (C=O) groups excluding carboxylic acids is 2. The molecular formula is C19H26F2N2O3. The molecule has 3 atom stereocenters. The van der Waals surface area contributed by atoms with Crippen LogP contribution in [0.1, 0.15) is 39.2 Å². The van der Waals surface area contributed by atoms with Crippen LogP contribution in [0.5, 0.6) is 0 Å². The van der Waals surface area contributed by atoms with Gasteiger partial charge in [-0.25, -0.2) is 8.78 Å². The Morgan fingerprint density at radius 2 is 1.81 bits per heavy atom. The highest BCUT2D eigenvalue weighted by atomic mass is 19.1. The third-order valence-corrected chi connectivity index (χ3v) is 3.72. The lowest BCUT2D eigenvalue weighted by Crippen LogP contribution is -2.47. The standard InChI is InChI=1S/C19H26F2N2O3/c1-4-5-6-19(26)22-12(2)7-18(25)17(23-13(3)24)10-14-8-15(20)11-16(21)9-14/h5-6,8-9,11-12,17-18,25H,4,7,10H2,1-3H3,(H,22,26)(H,23,24)/b6-5+/t12?,17-,18-/m0/s1. The fourth-order valence-electron chi connectivity index (χ4n) is 2.63. The van der Waals surface area contributed by atoms with E-state index in [9.17, 15) is 23.5 Å². The summed E-state index contributed by atoms with van der Waals surface area (Å²) in [5.74, 6) is -2.08. The van der Waals surface area contributed by atoms with Crippen molar-refractivity contribution < 1.29 is 23.5 Å². The number of carbonyl (C=O) groups is 2. The minimum Gasteiger partial charge on any atom is -0.391 e. The smallest absolute Gasteiger partial charge is 0.243 e. The van der Waals surface area contributed by atoms with Crippen molar-refractivity contribution in [1.82, 2.24) is 10.6 Å². The van der Waals surface area contributed by atoms with Crippen molar-refractivity contribution in [2.75, 3.05) is 0 Å². The van der Waals surface area contributed by atoms with Gasteiger partial charge in [-0.15, -0.1) is 0 Å². The number of halogens is 2. The Kier molecular flexibility index (Phi) is 8.92. The van der Waals surface area contributed by atoms with Crippen molar-refractivity contribution >= 4 is 11.8 Å². The molecule has 1 unspecified atom stereocenters. The maximum absolute atomic E-state index is 13.4. The SMILES string of the molecule is CC/C=C/C(=O)NC(C)C[C@H](O)[C@H](Cc1cc(F)cc(F)c1)NC(C)=O. The molecule has 5 nitrogen and oxygen atoms in total. The van der Waals surface area contributed by atoms with E-state index >= 15 is 0 Å². The van der Waals surface area contributed by atoms with Gasteiger partial charge in [0.15, 0.2) is 0 Å². The van der Waals surface area contributed by atoms with Crippen LogP contribution in [0.25, 0.3) is 0 Å². The van der Waals surface area contributed by atoms with E-state index < -0.39 is 23.8 Å². The van der Waals surface area contributed by atoms with Gasteiger partial charge < -0.3 is 15.7 Å². The number of allylic oxidation sites excluding steroid dienone is 1. The van der Waals surface area contributed by atoms with Crippen LogP contribution in [-0.4, -0.2) is 35.1 Å². The molecular weight excluding hydrogens is 342 g/mol. The summed E-state index contributed by atoms with van der Waals surface area (Å²) in [5, 5.41) is 15.8. The maximum Gasteiger partial charge on any atom is 0.243 e. The molecule has 0 aliphatic rings. The molecule has 0 aromatic heterocycles. The molecule has 0 aliphatic carbocycles. The first kappa shape index (κ1) is 21.8. The summed E-state index contributed by atoms with van der Waals surface area (Å²) in [5.41, 5.74) is 0.322. The number of hydrogen-bond donors (Lipinski definition) is 3. The fourth-order valence-corrected chi connectivity index (χ4v) is 2.63. The number of nitrogens with one attached hydrogen (secondary N) is 2. The normalized spacial score (nSPS) is 14.7. The van der Waals surface area contributed by atoms with Gasteiger partial charge in [0.25, 0.3) is 0 Å². The van der Waals surface area contributed by atoms with Gasteiger partial charge in [-0.05, 0) is 50.0 Å². The van der Waals surface area contributed by atoms with E-state index in [-0.39, 0.29) is 30.7 Å². The summed E-state index contributed by atoms with van der Waals surface area (Å²) in [6, 6.07) is 1.99. The van der Waals surface area contributed by atoms with Crippen molar-refractivity contribution in [3.63, 3.8) is 0 Å². The number of benzene rings is 1. The molecule has 1 rings (SSSR count). The summed E-state index contributed by atoms with van der Waals surface area (Å²) in [6.45, 7) is 4.93. The second kappa shape index (κ2) is 10.7. The number of aliphatic hydroxyl groups excluding tert-OH is 1. The van der Waals surface area contributed by atoms with Gasteiger partial charge in [0, 0.05) is 19.0 Å². The van der Waals surface area contributed by atoms with Crippen LogP contribution >= 0.6 is 0 Å². The molecule has 144 valence electrons. The Hall–Kier alpha value is -2.28. The second-order valence-electron chi connectivity index (χ2n) is 6.31. The molecule has 0 bridgehead atoms. The van der Waals surface area contributed by atoms with Crippen LogP contribution in [0.3, 0.4) is 0 Å². The molecule has 3 N–H and O–H groups in total. The molecule has 0 saturated heterocycles. The van der Waals surface area contributed by atoms with Gasteiger partial charge >= 0.3 is 0 Å². The van der Waals surface area contributed by atoms with E-state index in [0.717, 1.165) is 24.6 Å². The lowest BCUT2D eigenvalue weighted by Gasteiger charge is -2.26. The van der Waals surface area contributed by atoms with Crippen LogP contribution in [-0.2, 0) is 16.0 Å². The molecule has 0 radical (unpaired) electrons. The van der Waals surface area contributed by atoms with Crippen LogP contribution in [0, 0.1) is 11.6 Å². The molecule has 0 fully saturated rings. The fraction of sp³-hybridized carbons (Fsp3) is 0.474. The zero-order valence-corrected chi connectivity index (χ0v) is 15.3. The number of aliphatic hydroxyl groups is 1. The molecule has 2 amide bonds. The van der Waals surface area contributed by atoms with Gasteiger partial charge in [-0.2, -0.15) is 0 Å². The van der Waals surface area contributed by atoms with Gasteiger partial charge in [0.05, 0.1) is 12.1 Å². The van der Waals surface area contributed by atoms with Crippen molar-refractivity contribution in [1.29, 1.82) is 0 Å². The monoisotopic (exact) mass is 368 g/mol. The Balaban J connectivity index is 2.76.